The molecular weight excluding hydrogens is 286 g/mol. The number of ketones is 1. The van der Waals surface area contributed by atoms with E-state index in [-0.39, 0.29) is 23.0 Å². The first-order valence-electron chi connectivity index (χ1n) is 8.47. The molecule has 3 aliphatic carbocycles. The summed E-state index contributed by atoms with van der Waals surface area (Å²) < 4.78 is 0. The summed E-state index contributed by atoms with van der Waals surface area (Å²) in [6.07, 6.45) is 5.21. The number of fused-ring (bicyclic) bond motifs is 3. The lowest BCUT2D eigenvalue weighted by Gasteiger charge is -2.37. The number of Topliss-reactive ketones (excluding diaryl/α,β-unsaturated/α-hetero) is 1. The number of aliphatic hydroxyl groups is 1. The topological polar surface area (TPSA) is 49.7 Å². The van der Waals surface area contributed by atoms with Gasteiger partial charge in [-0.2, -0.15) is 0 Å². The minimum Gasteiger partial charge on any atom is -0.506 e. The van der Waals surface area contributed by atoms with Gasteiger partial charge in [0.1, 0.15) is 5.76 Å². The first kappa shape index (κ1) is 14.7. The first-order valence-corrected chi connectivity index (χ1v) is 8.47. The van der Waals surface area contributed by atoms with Crippen LogP contribution in [0.4, 0.5) is 0 Å². The van der Waals surface area contributed by atoms with E-state index in [2.05, 4.69) is 20.8 Å². The second kappa shape index (κ2) is 4.56. The third-order valence-corrected chi connectivity index (χ3v) is 7.06. The van der Waals surface area contributed by atoms with Crippen molar-refractivity contribution >= 4 is 17.8 Å². The normalized spacial score (nSPS) is 34.7. The van der Waals surface area contributed by atoms with Crippen LogP contribution >= 0.6 is 0 Å². The number of aliphatic hydroxyl groups excluding tert-OH is 1. The number of nitrogens with zero attached hydrogens (tertiary/aromatic N) is 1. The Labute approximate surface area is 137 Å². The highest BCUT2D eigenvalue weighted by molar-refractivity contribution is 6.30. The zero-order chi connectivity index (χ0) is 16.4. The molecule has 3 nitrogen and oxygen atoms in total. The van der Waals surface area contributed by atoms with Gasteiger partial charge in [-0.25, -0.2) is 0 Å². The van der Waals surface area contributed by atoms with E-state index in [9.17, 15) is 9.90 Å². The molecular formula is C20H23NO2. The summed E-state index contributed by atoms with van der Waals surface area (Å²) in [5, 5.41) is 10.4. The van der Waals surface area contributed by atoms with Gasteiger partial charge in [0.15, 0.2) is 5.78 Å². The van der Waals surface area contributed by atoms with Gasteiger partial charge in [-0.1, -0.05) is 45.0 Å². The Balaban J connectivity index is 1.65. The molecule has 0 radical (unpaired) electrons. The molecule has 0 spiro atoms. The SMILES string of the molecule is CC1(C)C2CCC1(C)C(N=CC1=C(O)c3ccccc3C1=O)C2. The summed E-state index contributed by atoms with van der Waals surface area (Å²) in [4.78, 5) is 17.2. The van der Waals surface area contributed by atoms with E-state index in [1.807, 2.05) is 12.1 Å². The molecule has 1 aromatic carbocycles. The molecule has 4 rings (SSSR count). The summed E-state index contributed by atoms with van der Waals surface area (Å²) in [5.41, 5.74) is 2.03. The fourth-order valence-corrected chi connectivity index (χ4v) is 4.96. The molecule has 2 fully saturated rings. The highest BCUT2D eigenvalue weighted by atomic mass is 16.3. The number of carbonyl (C=O) groups excluding carboxylic acids is 1. The van der Waals surface area contributed by atoms with E-state index < -0.39 is 0 Å². The van der Waals surface area contributed by atoms with Crippen LogP contribution in [0.15, 0.2) is 34.8 Å². The van der Waals surface area contributed by atoms with Crippen molar-refractivity contribution in [2.45, 2.75) is 46.1 Å². The number of allylic oxidation sites excluding steroid dienone is 1. The van der Waals surface area contributed by atoms with Crippen molar-refractivity contribution in [3.05, 3.63) is 41.0 Å². The largest absolute Gasteiger partial charge is 0.506 e. The summed E-state index contributed by atoms with van der Waals surface area (Å²) in [6, 6.07) is 7.45. The molecule has 2 bridgehead atoms. The summed E-state index contributed by atoms with van der Waals surface area (Å²) in [6.45, 7) is 7.04. The first-order chi connectivity index (χ1) is 10.9. The van der Waals surface area contributed by atoms with Gasteiger partial charge >= 0.3 is 0 Å². The molecule has 0 aromatic heterocycles. The van der Waals surface area contributed by atoms with Gasteiger partial charge in [0, 0.05) is 17.3 Å². The van der Waals surface area contributed by atoms with Crippen molar-refractivity contribution in [3.8, 4) is 0 Å². The average molecular weight is 309 g/mol. The second-order valence-corrected chi connectivity index (χ2v) is 8.04. The zero-order valence-corrected chi connectivity index (χ0v) is 14.0. The molecule has 3 atom stereocenters. The van der Waals surface area contributed by atoms with Gasteiger partial charge in [0.05, 0.1) is 11.6 Å². The van der Waals surface area contributed by atoms with Gasteiger partial charge in [-0.05, 0) is 36.0 Å². The van der Waals surface area contributed by atoms with Crippen molar-refractivity contribution in [2.24, 2.45) is 21.7 Å². The number of rotatable bonds is 2. The number of aliphatic imine (C=N–C) groups is 1. The van der Waals surface area contributed by atoms with Gasteiger partial charge in [0.25, 0.3) is 0 Å². The average Bonchev–Trinajstić information content (AvgIpc) is 2.99. The van der Waals surface area contributed by atoms with Crippen molar-refractivity contribution in [1.29, 1.82) is 0 Å². The number of carbonyl (C=O) groups is 1. The van der Waals surface area contributed by atoms with Crippen molar-refractivity contribution < 1.29 is 9.90 Å². The van der Waals surface area contributed by atoms with E-state index in [1.165, 1.54) is 12.8 Å². The van der Waals surface area contributed by atoms with E-state index in [1.54, 1.807) is 18.3 Å². The molecule has 3 unspecified atom stereocenters. The molecule has 0 amide bonds. The quantitative estimate of drug-likeness (QED) is 0.821. The van der Waals surface area contributed by atoms with Gasteiger partial charge in [-0.3, -0.25) is 9.79 Å². The highest BCUT2D eigenvalue weighted by Gasteiger charge is 2.61. The molecule has 23 heavy (non-hydrogen) atoms. The van der Waals surface area contributed by atoms with Crippen molar-refractivity contribution in [2.75, 3.05) is 0 Å². The summed E-state index contributed by atoms with van der Waals surface area (Å²) >= 11 is 0. The van der Waals surface area contributed by atoms with Gasteiger partial charge in [-0.15, -0.1) is 0 Å². The fraction of sp³-hybridized carbons (Fsp3) is 0.500. The third kappa shape index (κ3) is 1.76. The van der Waals surface area contributed by atoms with Gasteiger partial charge in [0.2, 0.25) is 0 Å². The standard InChI is InChI=1S/C20H23NO2/c1-19(2)12-8-9-20(19,3)16(10-12)21-11-15-17(22)13-6-4-5-7-14(13)18(15)23/h4-7,11-12,16,22H,8-10H2,1-3H3. The fourth-order valence-electron chi connectivity index (χ4n) is 4.96. The third-order valence-electron chi connectivity index (χ3n) is 7.06. The lowest BCUT2D eigenvalue weighted by Crippen LogP contribution is -2.34. The number of hydrogen-bond donors (Lipinski definition) is 1. The molecule has 1 N–H and O–H groups in total. The molecule has 120 valence electrons. The van der Waals surface area contributed by atoms with E-state index >= 15 is 0 Å². The van der Waals surface area contributed by atoms with Gasteiger partial charge < -0.3 is 5.11 Å². The maximum atomic E-state index is 12.5. The molecule has 3 heteroatoms. The predicted molar refractivity (Wildman–Crippen MR) is 91.8 cm³/mol. The Hall–Kier alpha value is -1.90. The van der Waals surface area contributed by atoms with Crippen LogP contribution in [0, 0.1) is 16.7 Å². The lowest BCUT2D eigenvalue weighted by atomic mass is 9.69. The maximum absolute atomic E-state index is 12.5. The maximum Gasteiger partial charge on any atom is 0.199 e. The van der Waals surface area contributed by atoms with Crippen LogP contribution < -0.4 is 0 Å². The number of benzene rings is 1. The van der Waals surface area contributed by atoms with Crippen LogP contribution in [-0.4, -0.2) is 23.1 Å². The Morgan fingerprint density at radius 3 is 2.48 bits per heavy atom. The monoisotopic (exact) mass is 309 g/mol. The molecule has 2 saturated carbocycles. The minimum atomic E-state index is -0.116. The second-order valence-electron chi connectivity index (χ2n) is 8.04. The van der Waals surface area contributed by atoms with Crippen LogP contribution in [0.2, 0.25) is 0 Å². The van der Waals surface area contributed by atoms with E-state index in [4.69, 9.17) is 4.99 Å². The van der Waals surface area contributed by atoms with Crippen molar-refractivity contribution in [1.82, 2.24) is 0 Å². The Morgan fingerprint density at radius 2 is 1.91 bits per heavy atom. The summed E-state index contributed by atoms with van der Waals surface area (Å²) in [5.74, 6) is 0.671. The predicted octanol–water partition coefficient (Wildman–Crippen LogP) is 4.44. The molecule has 0 heterocycles. The minimum absolute atomic E-state index is 0.0712. The Morgan fingerprint density at radius 1 is 1.22 bits per heavy atom. The Bertz CT molecular complexity index is 759. The van der Waals surface area contributed by atoms with Crippen LogP contribution in [0.25, 0.3) is 5.76 Å². The molecule has 0 aliphatic heterocycles. The lowest BCUT2D eigenvalue weighted by molar-refractivity contribution is 0.104. The smallest absolute Gasteiger partial charge is 0.199 e. The van der Waals surface area contributed by atoms with Crippen molar-refractivity contribution in [3.63, 3.8) is 0 Å². The van der Waals surface area contributed by atoms with Crippen LogP contribution in [0.5, 0.6) is 0 Å². The van der Waals surface area contributed by atoms with Crippen LogP contribution in [-0.2, 0) is 0 Å². The van der Waals surface area contributed by atoms with E-state index in [0.717, 1.165) is 6.42 Å². The number of hydrogen-bond acceptors (Lipinski definition) is 3. The van der Waals surface area contributed by atoms with Crippen LogP contribution in [0.3, 0.4) is 0 Å². The van der Waals surface area contributed by atoms with Crippen LogP contribution in [0.1, 0.15) is 56.0 Å². The molecule has 3 aliphatic rings. The Kier molecular flexibility index (Phi) is 2.91. The molecule has 1 aromatic rings. The zero-order valence-electron chi connectivity index (χ0n) is 14.0. The van der Waals surface area contributed by atoms with E-state index in [0.29, 0.717) is 28.0 Å². The highest BCUT2D eigenvalue weighted by Crippen LogP contribution is 2.66. The summed E-state index contributed by atoms with van der Waals surface area (Å²) in [7, 11) is 0. The molecule has 0 saturated heterocycles.